The summed E-state index contributed by atoms with van der Waals surface area (Å²) in [6.07, 6.45) is 1.03. The Morgan fingerprint density at radius 2 is 2.21 bits per heavy atom. The van der Waals surface area contributed by atoms with E-state index in [0.29, 0.717) is 12.1 Å². The molecule has 1 aromatic rings. The van der Waals surface area contributed by atoms with Crippen LogP contribution in [0.5, 0.6) is 0 Å². The van der Waals surface area contributed by atoms with Gasteiger partial charge in [-0.05, 0) is 30.5 Å². The number of carbonyl (C=O) groups is 4. The first-order valence-electron chi connectivity index (χ1n) is 7.51. The molecular formula is C16H19N3O5. The zero-order valence-electron chi connectivity index (χ0n) is 13.2. The molecule has 1 aliphatic heterocycles. The molecule has 1 unspecified atom stereocenters. The standard InChI is InChI=1S/C16H19N3O5/c1-10-3-2-4-12(17-7-15(22)23)11(10)8-19(9-20)13-5-6-14(21)18-16(13)24/h2-4,9,13,17H,5-8H2,1H3,(H,22,23)(H,18,21,24). The zero-order valence-corrected chi connectivity index (χ0v) is 13.2. The van der Waals surface area contributed by atoms with Crippen molar-refractivity contribution in [3.63, 3.8) is 0 Å². The second-order valence-corrected chi connectivity index (χ2v) is 5.59. The van der Waals surface area contributed by atoms with Gasteiger partial charge < -0.3 is 15.3 Å². The van der Waals surface area contributed by atoms with Crippen molar-refractivity contribution in [1.29, 1.82) is 0 Å². The van der Waals surface area contributed by atoms with E-state index in [-0.39, 0.29) is 31.8 Å². The predicted octanol–water partition coefficient (Wildman–Crippen LogP) is 0.255. The Morgan fingerprint density at radius 1 is 1.46 bits per heavy atom. The van der Waals surface area contributed by atoms with Gasteiger partial charge in [0.25, 0.3) is 0 Å². The topological polar surface area (TPSA) is 116 Å². The molecule has 0 aliphatic carbocycles. The molecule has 8 heteroatoms. The number of carboxylic acid groups (broad SMARTS) is 1. The van der Waals surface area contributed by atoms with E-state index in [1.165, 1.54) is 4.90 Å². The number of anilines is 1. The van der Waals surface area contributed by atoms with Crippen molar-refractivity contribution in [1.82, 2.24) is 10.2 Å². The van der Waals surface area contributed by atoms with Gasteiger partial charge in [-0.25, -0.2) is 0 Å². The highest BCUT2D eigenvalue weighted by atomic mass is 16.4. The normalized spacial score (nSPS) is 17.1. The second kappa shape index (κ2) is 7.58. The maximum absolute atomic E-state index is 12.0. The van der Waals surface area contributed by atoms with Crippen LogP contribution in [0.3, 0.4) is 0 Å². The third-order valence-corrected chi connectivity index (χ3v) is 3.93. The number of piperidine rings is 1. The fourth-order valence-corrected chi connectivity index (χ4v) is 2.65. The maximum Gasteiger partial charge on any atom is 0.322 e. The van der Waals surface area contributed by atoms with Gasteiger partial charge in [0, 0.05) is 18.7 Å². The highest BCUT2D eigenvalue weighted by Crippen LogP contribution is 2.23. The van der Waals surface area contributed by atoms with Crippen LogP contribution in [0, 0.1) is 6.92 Å². The highest BCUT2D eigenvalue weighted by Gasteiger charge is 2.31. The van der Waals surface area contributed by atoms with Gasteiger partial charge in [0.1, 0.15) is 12.6 Å². The fraction of sp³-hybridized carbons (Fsp3) is 0.375. The van der Waals surface area contributed by atoms with Crippen molar-refractivity contribution in [3.05, 3.63) is 29.3 Å². The summed E-state index contributed by atoms with van der Waals surface area (Å²) in [6, 6.07) is 4.63. The molecule has 1 aromatic carbocycles. The number of hydrogen-bond acceptors (Lipinski definition) is 5. The van der Waals surface area contributed by atoms with Crippen molar-refractivity contribution < 1.29 is 24.3 Å². The van der Waals surface area contributed by atoms with Gasteiger partial charge in [-0.15, -0.1) is 0 Å². The van der Waals surface area contributed by atoms with Crippen molar-refractivity contribution in [3.8, 4) is 0 Å². The molecule has 0 aromatic heterocycles. The van der Waals surface area contributed by atoms with E-state index in [9.17, 15) is 19.2 Å². The first kappa shape index (κ1) is 17.5. The quantitative estimate of drug-likeness (QED) is 0.487. The molecule has 2 rings (SSSR count). The summed E-state index contributed by atoms with van der Waals surface area (Å²) in [5.41, 5.74) is 2.19. The van der Waals surface area contributed by atoms with E-state index < -0.39 is 17.9 Å². The number of carbonyl (C=O) groups excluding carboxylic acids is 3. The lowest BCUT2D eigenvalue weighted by Gasteiger charge is -2.31. The third kappa shape index (κ3) is 4.09. The van der Waals surface area contributed by atoms with Crippen LogP contribution < -0.4 is 10.6 Å². The van der Waals surface area contributed by atoms with Crippen molar-refractivity contribution in [2.45, 2.75) is 32.4 Å². The molecule has 3 N–H and O–H groups in total. The zero-order chi connectivity index (χ0) is 17.7. The summed E-state index contributed by atoms with van der Waals surface area (Å²) in [7, 11) is 0. The molecule has 8 nitrogen and oxygen atoms in total. The van der Waals surface area contributed by atoms with Gasteiger partial charge in [-0.1, -0.05) is 12.1 Å². The van der Waals surface area contributed by atoms with Gasteiger partial charge in [0.05, 0.1) is 0 Å². The molecule has 0 radical (unpaired) electrons. The van der Waals surface area contributed by atoms with E-state index in [1.54, 1.807) is 12.1 Å². The molecule has 3 amide bonds. The van der Waals surface area contributed by atoms with Crippen molar-refractivity contribution >= 4 is 29.9 Å². The number of benzene rings is 1. The summed E-state index contributed by atoms with van der Waals surface area (Å²) >= 11 is 0. The number of rotatable bonds is 7. The second-order valence-electron chi connectivity index (χ2n) is 5.59. The Labute approximate surface area is 138 Å². The summed E-state index contributed by atoms with van der Waals surface area (Å²) in [6.45, 7) is 1.73. The van der Waals surface area contributed by atoms with Crippen LogP contribution in [0.4, 0.5) is 5.69 Å². The van der Waals surface area contributed by atoms with Crippen molar-refractivity contribution in [2.24, 2.45) is 0 Å². The van der Waals surface area contributed by atoms with Crippen LogP contribution in [0.25, 0.3) is 0 Å². The molecule has 128 valence electrons. The minimum atomic E-state index is -1.00. The molecule has 1 saturated heterocycles. The van der Waals surface area contributed by atoms with Crippen LogP contribution >= 0.6 is 0 Å². The average molecular weight is 333 g/mol. The Kier molecular flexibility index (Phi) is 5.51. The number of imide groups is 1. The minimum Gasteiger partial charge on any atom is -0.480 e. The van der Waals surface area contributed by atoms with Gasteiger partial charge in [0.15, 0.2) is 0 Å². The van der Waals surface area contributed by atoms with E-state index >= 15 is 0 Å². The molecule has 0 saturated carbocycles. The molecule has 0 bridgehead atoms. The van der Waals surface area contributed by atoms with E-state index in [2.05, 4.69) is 10.6 Å². The van der Waals surface area contributed by atoms with E-state index in [1.807, 2.05) is 13.0 Å². The number of amides is 3. The fourth-order valence-electron chi connectivity index (χ4n) is 2.65. The number of nitrogens with zero attached hydrogens (tertiary/aromatic N) is 1. The number of aryl methyl sites for hydroxylation is 1. The first-order valence-corrected chi connectivity index (χ1v) is 7.51. The highest BCUT2D eigenvalue weighted by molar-refractivity contribution is 6.00. The lowest BCUT2D eigenvalue weighted by atomic mass is 10.0. The summed E-state index contributed by atoms with van der Waals surface area (Å²) < 4.78 is 0. The van der Waals surface area contributed by atoms with Gasteiger partial charge >= 0.3 is 5.97 Å². The van der Waals surface area contributed by atoms with Gasteiger partial charge in [0.2, 0.25) is 18.2 Å². The van der Waals surface area contributed by atoms with Crippen LogP contribution in [-0.4, -0.2) is 46.8 Å². The molecule has 1 heterocycles. The Balaban J connectivity index is 2.21. The molecule has 24 heavy (non-hydrogen) atoms. The SMILES string of the molecule is Cc1cccc(NCC(=O)O)c1CN(C=O)C1CCC(=O)NC1=O. The molecule has 1 fully saturated rings. The third-order valence-electron chi connectivity index (χ3n) is 3.93. The van der Waals surface area contributed by atoms with Gasteiger partial charge in [-0.3, -0.25) is 24.5 Å². The van der Waals surface area contributed by atoms with Crippen LogP contribution in [0.15, 0.2) is 18.2 Å². The predicted molar refractivity (Wildman–Crippen MR) is 85.1 cm³/mol. The molecule has 1 atom stereocenters. The molecule has 1 aliphatic rings. The number of hydrogen-bond donors (Lipinski definition) is 3. The van der Waals surface area contributed by atoms with Crippen LogP contribution in [0.2, 0.25) is 0 Å². The summed E-state index contributed by atoms with van der Waals surface area (Å²) in [4.78, 5) is 46.8. The smallest absolute Gasteiger partial charge is 0.322 e. The lowest BCUT2D eigenvalue weighted by Crippen LogP contribution is -2.51. The summed E-state index contributed by atoms with van der Waals surface area (Å²) in [5, 5.41) is 13.8. The monoisotopic (exact) mass is 333 g/mol. The number of carboxylic acids is 1. The maximum atomic E-state index is 12.0. The van der Waals surface area contributed by atoms with Crippen molar-refractivity contribution in [2.75, 3.05) is 11.9 Å². The number of nitrogens with one attached hydrogen (secondary N) is 2. The lowest BCUT2D eigenvalue weighted by molar-refractivity contribution is -0.141. The molecular weight excluding hydrogens is 314 g/mol. The van der Waals surface area contributed by atoms with Crippen LogP contribution in [0.1, 0.15) is 24.0 Å². The number of aliphatic carboxylic acids is 1. The minimum absolute atomic E-state index is 0.143. The molecule has 0 spiro atoms. The Bertz CT molecular complexity index is 674. The van der Waals surface area contributed by atoms with Crippen LogP contribution in [-0.2, 0) is 25.7 Å². The first-order chi connectivity index (χ1) is 11.4. The summed E-state index contributed by atoms with van der Waals surface area (Å²) in [5.74, 6) is -1.84. The Morgan fingerprint density at radius 3 is 2.83 bits per heavy atom. The van der Waals surface area contributed by atoms with Gasteiger partial charge in [-0.2, -0.15) is 0 Å². The van der Waals surface area contributed by atoms with E-state index in [4.69, 9.17) is 5.11 Å². The average Bonchev–Trinajstić information content (AvgIpc) is 2.53. The Hall–Kier alpha value is -2.90. The van der Waals surface area contributed by atoms with E-state index in [0.717, 1.165) is 11.1 Å². The largest absolute Gasteiger partial charge is 0.480 e.